The topological polar surface area (TPSA) is 91.2 Å². The van der Waals surface area contributed by atoms with Crippen molar-refractivity contribution in [3.63, 3.8) is 0 Å². The lowest BCUT2D eigenvalue weighted by Gasteiger charge is -2.17. The van der Waals surface area contributed by atoms with Crippen LogP contribution in [0.15, 0.2) is 158 Å². The van der Waals surface area contributed by atoms with Crippen LogP contribution < -0.4 is 0 Å². The molecule has 0 aliphatic carbocycles. The van der Waals surface area contributed by atoms with E-state index in [1.165, 1.54) is 18.2 Å². The fraction of sp³-hybridized carbons (Fsp3) is 0. The van der Waals surface area contributed by atoms with E-state index in [1.54, 1.807) is 30.3 Å². The standard InChI is InChI=1S/C47H26F2N6/c48-39-15-9-16-40(49)44(39)33-20-23-43(38(26-33)47-53-45(30-10-3-1-4-11-30)52-46(54-47)31-12-5-2-6-13-31)55-41-17-8-7-14-36(41)37-25-32(19-22-42(37)55)35-21-18-29(27-50)24-34(35)28-51/h1-26H. The van der Waals surface area contributed by atoms with Crippen LogP contribution in [0.2, 0.25) is 0 Å². The van der Waals surface area contributed by atoms with Crippen molar-refractivity contribution < 1.29 is 8.78 Å². The van der Waals surface area contributed by atoms with Crippen molar-refractivity contribution in [3.8, 4) is 74.2 Å². The molecule has 2 aromatic heterocycles. The Kier molecular flexibility index (Phi) is 8.19. The molecule has 0 radical (unpaired) electrons. The van der Waals surface area contributed by atoms with Crippen LogP contribution in [0.25, 0.3) is 83.9 Å². The summed E-state index contributed by atoms with van der Waals surface area (Å²) in [4.78, 5) is 14.9. The van der Waals surface area contributed by atoms with Crippen LogP contribution in [0.3, 0.4) is 0 Å². The summed E-state index contributed by atoms with van der Waals surface area (Å²) in [6.45, 7) is 0. The Bertz CT molecular complexity index is 2950. The van der Waals surface area contributed by atoms with E-state index in [4.69, 9.17) is 15.0 Å². The number of fused-ring (bicyclic) bond motifs is 3. The largest absolute Gasteiger partial charge is 0.309 e. The van der Waals surface area contributed by atoms with Crippen LogP contribution in [0.5, 0.6) is 0 Å². The Balaban J connectivity index is 1.34. The minimum Gasteiger partial charge on any atom is -0.309 e. The number of benzene rings is 7. The average Bonchev–Trinajstić information content (AvgIpc) is 3.57. The first kappa shape index (κ1) is 33.1. The molecular weight excluding hydrogens is 687 g/mol. The molecule has 2 heterocycles. The van der Waals surface area contributed by atoms with Crippen molar-refractivity contribution in [1.29, 1.82) is 10.5 Å². The van der Waals surface area contributed by atoms with E-state index in [2.05, 4.69) is 16.7 Å². The zero-order valence-corrected chi connectivity index (χ0v) is 29.0. The van der Waals surface area contributed by atoms with Gasteiger partial charge in [-0.2, -0.15) is 10.5 Å². The molecular formula is C47H26F2N6. The quantitative estimate of drug-likeness (QED) is 0.171. The van der Waals surface area contributed by atoms with Gasteiger partial charge in [0, 0.05) is 27.5 Å². The molecule has 6 nitrogen and oxygen atoms in total. The van der Waals surface area contributed by atoms with Crippen LogP contribution >= 0.6 is 0 Å². The monoisotopic (exact) mass is 712 g/mol. The number of nitrogens with zero attached hydrogens (tertiary/aromatic N) is 6. The van der Waals surface area contributed by atoms with E-state index in [0.717, 1.165) is 38.5 Å². The number of halogens is 2. The Labute approximate surface area is 314 Å². The molecule has 0 aliphatic heterocycles. The van der Waals surface area contributed by atoms with E-state index < -0.39 is 11.6 Å². The summed E-state index contributed by atoms with van der Waals surface area (Å²) in [6.07, 6.45) is 0. The second-order valence-corrected chi connectivity index (χ2v) is 12.9. The highest BCUT2D eigenvalue weighted by Crippen LogP contribution is 2.40. The Morgan fingerprint density at radius 2 is 1.07 bits per heavy atom. The summed E-state index contributed by atoms with van der Waals surface area (Å²) in [5.74, 6) is -0.164. The van der Waals surface area contributed by atoms with Crippen molar-refractivity contribution in [3.05, 3.63) is 180 Å². The number of nitriles is 2. The number of para-hydroxylation sites is 1. The first-order chi connectivity index (χ1) is 27.0. The molecule has 55 heavy (non-hydrogen) atoms. The Morgan fingerprint density at radius 3 is 1.75 bits per heavy atom. The van der Waals surface area contributed by atoms with Crippen molar-refractivity contribution in [2.45, 2.75) is 0 Å². The van der Waals surface area contributed by atoms with Gasteiger partial charge in [-0.05, 0) is 71.3 Å². The molecule has 0 N–H and O–H groups in total. The summed E-state index contributed by atoms with van der Waals surface area (Å²) >= 11 is 0. The van der Waals surface area contributed by atoms with Crippen molar-refractivity contribution in [2.75, 3.05) is 0 Å². The SMILES string of the molecule is N#Cc1ccc(-c2ccc3c(c2)c2ccccc2n3-c2ccc(-c3c(F)cccc3F)cc2-c2nc(-c3ccccc3)nc(-c3ccccc3)n2)c(C#N)c1. The van der Waals surface area contributed by atoms with Gasteiger partial charge in [-0.25, -0.2) is 23.7 Å². The van der Waals surface area contributed by atoms with Crippen LogP contribution in [0, 0.1) is 34.3 Å². The summed E-state index contributed by atoms with van der Waals surface area (Å²) in [6, 6.07) is 51.8. The maximum atomic E-state index is 15.4. The number of hydrogen-bond donors (Lipinski definition) is 0. The smallest absolute Gasteiger partial charge is 0.166 e. The third kappa shape index (κ3) is 5.85. The predicted molar refractivity (Wildman–Crippen MR) is 211 cm³/mol. The van der Waals surface area contributed by atoms with Gasteiger partial charge in [-0.1, -0.05) is 103 Å². The second kappa shape index (κ2) is 13.6. The van der Waals surface area contributed by atoms with E-state index in [9.17, 15) is 10.5 Å². The van der Waals surface area contributed by atoms with Gasteiger partial charge in [0.05, 0.1) is 45.5 Å². The highest BCUT2D eigenvalue weighted by atomic mass is 19.1. The van der Waals surface area contributed by atoms with Crippen LogP contribution in [0.4, 0.5) is 8.78 Å². The van der Waals surface area contributed by atoms with E-state index in [1.807, 2.05) is 109 Å². The zero-order valence-electron chi connectivity index (χ0n) is 29.0. The molecule has 0 atom stereocenters. The summed E-state index contributed by atoms with van der Waals surface area (Å²) in [5, 5.41) is 21.3. The third-order valence-electron chi connectivity index (χ3n) is 9.68. The average molecular weight is 713 g/mol. The highest BCUT2D eigenvalue weighted by molar-refractivity contribution is 6.11. The van der Waals surface area contributed by atoms with Crippen LogP contribution in [0.1, 0.15) is 11.1 Å². The van der Waals surface area contributed by atoms with E-state index in [-0.39, 0.29) is 5.56 Å². The van der Waals surface area contributed by atoms with Gasteiger partial charge in [-0.15, -0.1) is 0 Å². The van der Waals surface area contributed by atoms with Gasteiger partial charge in [0.15, 0.2) is 17.5 Å². The van der Waals surface area contributed by atoms with Gasteiger partial charge in [0.1, 0.15) is 11.6 Å². The summed E-state index contributed by atoms with van der Waals surface area (Å²) in [7, 11) is 0. The second-order valence-electron chi connectivity index (χ2n) is 12.9. The first-order valence-electron chi connectivity index (χ1n) is 17.4. The lowest BCUT2D eigenvalue weighted by Crippen LogP contribution is -2.04. The highest BCUT2D eigenvalue weighted by Gasteiger charge is 2.22. The minimum atomic E-state index is -0.687. The van der Waals surface area contributed by atoms with Crippen LogP contribution in [-0.4, -0.2) is 19.5 Å². The maximum absolute atomic E-state index is 15.4. The van der Waals surface area contributed by atoms with Gasteiger partial charge >= 0.3 is 0 Å². The van der Waals surface area contributed by atoms with Crippen molar-refractivity contribution in [1.82, 2.24) is 19.5 Å². The molecule has 0 fully saturated rings. The fourth-order valence-corrected chi connectivity index (χ4v) is 7.13. The van der Waals surface area contributed by atoms with E-state index >= 15 is 8.78 Å². The molecule has 0 unspecified atom stereocenters. The fourth-order valence-electron chi connectivity index (χ4n) is 7.13. The van der Waals surface area contributed by atoms with Crippen molar-refractivity contribution in [2.24, 2.45) is 0 Å². The summed E-state index contributed by atoms with van der Waals surface area (Å²) in [5.41, 5.74) is 7.02. The summed E-state index contributed by atoms with van der Waals surface area (Å²) < 4.78 is 32.9. The number of rotatable bonds is 6. The predicted octanol–water partition coefficient (Wildman–Crippen LogP) is 11.3. The van der Waals surface area contributed by atoms with Crippen LogP contribution in [-0.2, 0) is 0 Å². The van der Waals surface area contributed by atoms with Gasteiger partial charge in [0.25, 0.3) is 0 Å². The molecule has 0 bridgehead atoms. The molecule has 0 saturated heterocycles. The molecule has 7 aromatic carbocycles. The molecule has 258 valence electrons. The Morgan fingerprint density at radius 1 is 0.455 bits per heavy atom. The molecule has 8 heteroatoms. The lowest BCUT2D eigenvalue weighted by atomic mass is 9.97. The molecule has 0 saturated carbocycles. The van der Waals surface area contributed by atoms with E-state index in [0.29, 0.717) is 51.0 Å². The van der Waals surface area contributed by atoms with Gasteiger partial charge < -0.3 is 4.57 Å². The minimum absolute atomic E-state index is 0.154. The molecule has 0 spiro atoms. The molecule has 0 aliphatic rings. The van der Waals surface area contributed by atoms with Gasteiger partial charge in [0.2, 0.25) is 0 Å². The van der Waals surface area contributed by atoms with Crippen molar-refractivity contribution >= 4 is 21.8 Å². The normalized spacial score (nSPS) is 11.1. The Hall–Kier alpha value is -7.81. The third-order valence-corrected chi connectivity index (χ3v) is 9.68. The van der Waals surface area contributed by atoms with Gasteiger partial charge in [-0.3, -0.25) is 0 Å². The molecule has 9 rings (SSSR count). The molecule has 0 amide bonds. The number of hydrogen-bond acceptors (Lipinski definition) is 5. The zero-order chi connectivity index (χ0) is 37.5. The first-order valence-corrected chi connectivity index (χ1v) is 17.4. The maximum Gasteiger partial charge on any atom is 0.166 e. The lowest BCUT2D eigenvalue weighted by molar-refractivity contribution is 0.589. The number of aromatic nitrogens is 4. The molecule has 9 aromatic rings.